The Balaban J connectivity index is 1.95. The van der Waals surface area contributed by atoms with E-state index in [0.717, 1.165) is 4.31 Å². The molecule has 0 fully saturated rings. The fourth-order valence-electron chi connectivity index (χ4n) is 2.92. The smallest absolute Gasteiger partial charge is 0.266 e. The summed E-state index contributed by atoms with van der Waals surface area (Å²) in [6.07, 6.45) is 0. The molecule has 0 aliphatic carbocycles. The number of hydrogen-bond acceptors (Lipinski definition) is 4. The molecule has 6 nitrogen and oxygen atoms in total. The first kappa shape index (κ1) is 23.8. The van der Waals surface area contributed by atoms with Gasteiger partial charge in [0.2, 0.25) is 5.91 Å². The van der Waals surface area contributed by atoms with Crippen molar-refractivity contribution in [1.82, 2.24) is 5.32 Å². The fraction of sp³-hybridized carbons (Fsp3) is 0.136. The number of methoxy groups -OCH3 is 1. The number of para-hydroxylation sites is 2. The zero-order valence-electron chi connectivity index (χ0n) is 16.9. The Labute approximate surface area is 195 Å². The van der Waals surface area contributed by atoms with Crippen molar-refractivity contribution in [2.75, 3.05) is 18.0 Å². The molecule has 168 valence electrons. The Morgan fingerprint density at radius 3 is 2.44 bits per heavy atom. The van der Waals surface area contributed by atoms with Crippen molar-refractivity contribution < 1.29 is 22.3 Å². The minimum atomic E-state index is -4.30. The van der Waals surface area contributed by atoms with Crippen LogP contribution in [0.15, 0.2) is 71.6 Å². The molecule has 0 aliphatic heterocycles. The molecule has 1 N–H and O–H groups in total. The third kappa shape index (κ3) is 5.51. The van der Waals surface area contributed by atoms with E-state index in [0.29, 0.717) is 5.56 Å². The lowest BCUT2D eigenvalue weighted by molar-refractivity contribution is -0.119. The van der Waals surface area contributed by atoms with Gasteiger partial charge >= 0.3 is 0 Å². The molecule has 0 bridgehead atoms. The molecule has 10 heteroatoms. The van der Waals surface area contributed by atoms with E-state index < -0.39 is 28.3 Å². The molecule has 1 amide bonds. The number of benzene rings is 3. The molecule has 0 saturated carbocycles. The van der Waals surface area contributed by atoms with Crippen LogP contribution in [0.25, 0.3) is 0 Å². The standard InChI is InChI=1S/C22H19Cl2FN2O4S/c1-31-20-5-3-2-4-19(20)27(32(29,30)21-12-16(23)8-11-18(21)24)14-22(28)26-13-15-6-9-17(25)10-7-15/h2-12H,13-14H2,1H3,(H,26,28). The number of rotatable bonds is 8. The molecule has 0 heterocycles. The minimum Gasteiger partial charge on any atom is -0.495 e. The van der Waals surface area contributed by atoms with Crippen LogP contribution in [0.2, 0.25) is 10.0 Å². The number of carbonyl (C=O) groups is 1. The van der Waals surface area contributed by atoms with Crippen molar-refractivity contribution >= 4 is 44.8 Å². The number of hydrogen-bond donors (Lipinski definition) is 1. The van der Waals surface area contributed by atoms with Gasteiger partial charge in [-0.15, -0.1) is 0 Å². The third-order valence-electron chi connectivity index (χ3n) is 4.51. The lowest BCUT2D eigenvalue weighted by atomic mass is 10.2. The average molecular weight is 497 g/mol. The second-order valence-corrected chi connectivity index (χ2v) is 9.34. The van der Waals surface area contributed by atoms with E-state index in [9.17, 15) is 17.6 Å². The molecule has 0 radical (unpaired) electrons. The molecule has 0 atom stereocenters. The Bertz CT molecular complexity index is 1220. The summed E-state index contributed by atoms with van der Waals surface area (Å²) in [6, 6.07) is 16.0. The van der Waals surface area contributed by atoms with Crippen LogP contribution in [-0.2, 0) is 21.4 Å². The quantitative estimate of drug-likeness (QED) is 0.492. The number of amides is 1. The fourth-order valence-corrected chi connectivity index (χ4v) is 5.09. The van der Waals surface area contributed by atoms with Gasteiger partial charge in [0.05, 0.1) is 17.8 Å². The van der Waals surface area contributed by atoms with Gasteiger partial charge < -0.3 is 10.1 Å². The number of carbonyl (C=O) groups excluding carboxylic acids is 1. The Morgan fingerprint density at radius 2 is 1.75 bits per heavy atom. The predicted molar refractivity (Wildman–Crippen MR) is 122 cm³/mol. The normalized spacial score (nSPS) is 11.1. The molecular formula is C22H19Cl2FN2O4S. The van der Waals surface area contributed by atoms with Gasteiger partial charge in [0, 0.05) is 11.6 Å². The summed E-state index contributed by atoms with van der Waals surface area (Å²) in [5.74, 6) is -0.727. The SMILES string of the molecule is COc1ccccc1N(CC(=O)NCc1ccc(F)cc1)S(=O)(=O)c1cc(Cl)ccc1Cl. The molecule has 0 saturated heterocycles. The molecule has 0 aliphatic rings. The number of nitrogens with one attached hydrogen (secondary N) is 1. The van der Waals surface area contributed by atoms with Crippen molar-refractivity contribution in [3.63, 3.8) is 0 Å². The van der Waals surface area contributed by atoms with Gasteiger partial charge in [-0.3, -0.25) is 9.10 Å². The largest absolute Gasteiger partial charge is 0.495 e. The summed E-state index contributed by atoms with van der Waals surface area (Å²) in [7, 11) is -2.90. The molecule has 3 rings (SSSR count). The first-order valence-electron chi connectivity index (χ1n) is 9.34. The summed E-state index contributed by atoms with van der Waals surface area (Å²) in [6.45, 7) is -0.455. The van der Waals surface area contributed by atoms with Crippen molar-refractivity contribution in [2.45, 2.75) is 11.4 Å². The summed E-state index contributed by atoms with van der Waals surface area (Å²) < 4.78 is 46.3. The van der Waals surface area contributed by atoms with Crippen LogP contribution in [0.3, 0.4) is 0 Å². The first-order valence-corrected chi connectivity index (χ1v) is 11.5. The highest BCUT2D eigenvalue weighted by atomic mass is 35.5. The van der Waals surface area contributed by atoms with Gasteiger partial charge in [-0.2, -0.15) is 0 Å². The van der Waals surface area contributed by atoms with E-state index in [-0.39, 0.29) is 32.9 Å². The van der Waals surface area contributed by atoms with Crippen LogP contribution in [0.4, 0.5) is 10.1 Å². The molecule has 32 heavy (non-hydrogen) atoms. The van der Waals surface area contributed by atoms with Gasteiger partial charge in [0.1, 0.15) is 23.0 Å². The summed E-state index contributed by atoms with van der Waals surface area (Å²) in [5.41, 5.74) is 0.812. The maximum absolute atomic E-state index is 13.5. The highest BCUT2D eigenvalue weighted by Gasteiger charge is 2.31. The average Bonchev–Trinajstić information content (AvgIpc) is 2.78. The molecule has 0 unspecified atom stereocenters. The van der Waals surface area contributed by atoms with Crippen LogP contribution in [-0.4, -0.2) is 28.0 Å². The monoisotopic (exact) mass is 496 g/mol. The number of nitrogens with zero attached hydrogens (tertiary/aromatic N) is 1. The van der Waals surface area contributed by atoms with Gasteiger partial charge in [-0.05, 0) is 48.0 Å². The van der Waals surface area contributed by atoms with Crippen molar-refractivity contribution in [2.24, 2.45) is 0 Å². The molecule has 0 spiro atoms. The molecular weight excluding hydrogens is 478 g/mol. The van der Waals surface area contributed by atoms with Crippen LogP contribution in [0, 0.1) is 5.82 Å². The van der Waals surface area contributed by atoms with E-state index in [2.05, 4.69) is 5.32 Å². The summed E-state index contributed by atoms with van der Waals surface area (Å²) in [5, 5.41) is 2.77. The molecule has 3 aromatic carbocycles. The van der Waals surface area contributed by atoms with Gasteiger partial charge in [-0.25, -0.2) is 12.8 Å². The molecule has 0 aromatic heterocycles. The summed E-state index contributed by atoms with van der Waals surface area (Å²) >= 11 is 12.1. The van der Waals surface area contributed by atoms with E-state index >= 15 is 0 Å². The zero-order valence-corrected chi connectivity index (χ0v) is 19.2. The van der Waals surface area contributed by atoms with Gasteiger partial charge in [0.15, 0.2) is 0 Å². The van der Waals surface area contributed by atoms with E-state index in [1.54, 1.807) is 18.2 Å². The number of sulfonamides is 1. The molecule has 3 aromatic rings. The number of ether oxygens (including phenoxy) is 1. The van der Waals surface area contributed by atoms with Gasteiger partial charge in [0.25, 0.3) is 10.0 Å². The maximum atomic E-state index is 13.5. The zero-order chi connectivity index (χ0) is 23.3. The number of anilines is 1. The minimum absolute atomic E-state index is 0.0407. The van der Waals surface area contributed by atoms with Crippen LogP contribution >= 0.6 is 23.2 Å². The van der Waals surface area contributed by atoms with Crippen molar-refractivity contribution in [3.05, 3.63) is 88.2 Å². The lowest BCUT2D eigenvalue weighted by Crippen LogP contribution is -2.41. The van der Waals surface area contributed by atoms with Crippen LogP contribution in [0.1, 0.15) is 5.56 Å². The Morgan fingerprint density at radius 1 is 1.06 bits per heavy atom. The Hall–Kier alpha value is -2.81. The highest BCUT2D eigenvalue weighted by molar-refractivity contribution is 7.93. The second-order valence-electron chi connectivity index (χ2n) is 6.66. The van der Waals surface area contributed by atoms with Crippen LogP contribution in [0.5, 0.6) is 5.75 Å². The van der Waals surface area contributed by atoms with E-state index in [4.69, 9.17) is 27.9 Å². The second kappa shape index (κ2) is 10.2. The van der Waals surface area contributed by atoms with Crippen molar-refractivity contribution in [1.29, 1.82) is 0 Å². The third-order valence-corrected chi connectivity index (χ3v) is 6.98. The Kier molecular flexibility index (Phi) is 7.60. The van der Waals surface area contributed by atoms with Crippen molar-refractivity contribution in [3.8, 4) is 5.75 Å². The highest BCUT2D eigenvalue weighted by Crippen LogP contribution is 2.35. The van der Waals surface area contributed by atoms with E-state index in [1.807, 2.05) is 0 Å². The van der Waals surface area contributed by atoms with E-state index in [1.165, 1.54) is 55.6 Å². The summed E-state index contributed by atoms with van der Waals surface area (Å²) in [4.78, 5) is 12.5. The number of halogens is 3. The van der Waals surface area contributed by atoms with Gasteiger partial charge in [-0.1, -0.05) is 47.5 Å². The topological polar surface area (TPSA) is 75.7 Å². The first-order chi connectivity index (χ1) is 15.2. The van der Waals surface area contributed by atoms with Crippen LogP contribution < -0.4 is 14.4 Å². The lowest BCUT2D eigenvalue weighted by Gasteiger charge is -2.26. The predicted octanol–water partition coefficient (Wildman–Crippen LogP) is 4.65. The maximum Gasteiger partial charge on any atom is 0.266 e.